The normalized spacial score (nSPS) is 17.0. The number of hydrogen-bond donors (Lipinski definition) is 1. The van der Waals surface area contributed by atoms with Crippen molar-refractivity contribution in [2.45, 2.75) is 57.4 Å². The van der Waals surface area contributed by atoms with Gasteiger partial charge in [0.05, 0.1) is 17.2 Å². The molecule has 1 atom stereocenters. The Morgan fingerprint density at radius 3 is 2.03 bits per heavy atom. The Kier molecular flexibility index (Phi) is 6.89. The van der Waals surface area contributed by atoms with E-state index >= 15 is 0 Å². The lowest BCUT2D eigenvalue weighted by Crippen LogP contribution is -2.34. The molecule has 2 aromatic carbocycles. The summed E-state index contributed by atoms with van der Waals surface area (Å²) in [7, 11) is 0. The van der Waals surface area contributed by atoms with Crippen LogP contribution >= 0.6 is 0 Å². The fourth-order valence-electron chi connectivity index (χ4n) is 4.14. The number of hydrogen-bond acceptors (Lipinski definition) is 5. The largest absolute Gasteiger partial charge is 0.460 e. The maximum atomic E-state index is 12.4. The lowest BCUT2D eigenvalue weighted by molar-refractivity contribution is 0.0478. The second kappa shape index (κ2) is 9.29. The van der Waals surface area contributed by atoms with E-state index in [1.165, 1.54) is 29.3 Å². The molecule has 0 radical (unpaired) electrons. The minimum atomic E-state index is -0.481. The Hall–Kier alpha value is -2.92. The van der Waals surface area contributed by atoms with E-state index in [9.17, 15) is 9.59 Å². The molecule has 0 fully saturated rings. The lowest BCUT2D eigenvalue weighted by atomic mass is 9.63. The smallest absolute Gasteiger partial charge is 0.338 e. The molecule has 32 heavy (non-hydrogen) atoms. The first-order chi connectivity index (χ1) is 15.0. The van der Waals surface area contributed by atoms with Gasteiger partial charge >= 0.3 is 11.9 Å². The fourth-order valence-corrected chi connectivity index (χ4v) is 4.14. The first-order valence-electron chi connectivity index (χ1n) is 11.0. The van der Waals surface area contributed by atoms with Crippen LogP contribution in [0.4, 0.5) is 0 Å². The predicted molar refractivity (Wildman–Crippen MR) is 126 cm³/mol. The number of benzene rings is 2. The van der Waals surface area contributed by atoms with E-state index in [-0.39, 0.29) is 24.0 Å². The number of nitrogens with two attached hydrogens (primary N) is 1. The molecule has 170 valence electrons. The van der Waals surface area contributed by atoms with Crippen LogP contribution in [0.3, 0.4) is 0 Å². The van der Waals surface area contributed by atoms with Crippen molar-refractivity contribution in [1.29, 1.82) is 0 Å². The minimum absolute atomic E-state index is 0.0740. The van der Waals surface area contributed by atoms with Crippen molar-refractivity contribution in [3.8, 4) is 0 Å². The van der Waals surface area contributed by atoms with Crippen molar-refractivity contribution in [3.63, 3.8) is 0 Å². The molecule has 0 amide bonds. The molecule has 0 saturated carbocycles. The van der Waals surface area contributed by atoms with Crippen LogP contribution < -0.4 is 5.73 Å². The van der Waals surface area contributed by atoms with Gasteiger partial charge in [0.2, 0.25) is 0 Å². The molecular weight excluding hydrogens is 402 g/mol. The van der Waals surface area contributed by atoms with E-state index < -0.39 is 18.0 Å². The van der Waals surface area contributed by atoms with Gasteiger partial charge in [-0.2, -0.15) is 0 Å². The second-order valence-corrected chi connectivity index (χ2v) is 9.74. The zero-order chi connectivity index (χ0) is 23.5. The number of rotatable bonds is 7. The van der Waals surface area contributed by atoms with Crippen molar-refractivity contribution in [3.05, 3.63) is 82.9 Å². The van der Waals surface area contributed by atoms with Crippen LogP contribution in [0.5, 0.6) is 0 Å². The second-order valence-electron chi connectivity index (χ2n) is 9.74. The fraction of sp³-hybridized carbons (Fsp3) is 0.407. The summed E-state index contributed by atoms with van der Waals surface area (Å²) in [5.74, 6) is -0.948. The highest BCUT2D eigenvalue weighted by atomic mass is 16.5. The Labute approximate surface area is 190 Å². The molecule has 1 unspecified atom stereocenters. The van der Waals surface area contributed by atoms with Gasteiger partial charge in [-0.25, -0.2) is 9.59 Å². The monoisotopic (exact) mass is 435 g/mol. The molecule has 0 spiro atoms. The van der Waals surface area contributed by atoms with Crippen LogP contribution in [-0.2, 0) is 20.3 Å². The third kappa shape index (κ3) is 5.10. The molecule has 5 heteroatoms. The third-order valence-corrected chi connectivity index (χ3v) is 6.39. The summed E-state index contributed by atoms with van der Waals surface area (Å²) in [5.41, 5.74) is 11.0. The Balaban J connectivity index is 1.66. The highest BCUT2D eigenvalue weighted by molar-refractivity contribution is 5.93. The summed E-state index contributed by atoms with van der Waals surface area (Å²) in [4.78, 5) is 24.3. The third-order valence-electron chi connectivity index (χ3n) is 6.39. The van der Waals surface area contributed by atoms with Crippen LogP contribution in [0.25, 0.3) is 0 Å². The summed E-state index contributed by atoms with van der Waals surface area (Å²) < 4.78 is 10.4. The molecule has 2 aromatic rings. The summed E-state index contributed by atoms with van der Waals surface area (Å²) in [6.45, 7) is 12.8. The van der Waals surface area contributed by atoms with Crippen LogP contribution in [0.1, 0.15) is 84.0 Å². The van der Waals surface area contributed by atoms with E-state index in [2.05, 4.69) is 46.4 Å². The van der Waals surface area contributed by atoms with Gasteiger partial charge in [0.1, 0.15) is 13.2 Å². The quantitative estimate of drug-likeness (QED) is 0.476. The van der Waals surface area contributed by atoms with Crippen molar-refractivity contribution >= 4 is 11.9 Å². The van der Waals surface area contributed by atoms with E-state index in [0.29, 0.717) is 11.1 Å². The number of carbonyl (C=O) groups excluding carboxylic acids is 2. The predicted octanol–water partition coefficient (Wildman–Crippen LogP) is 5.24. The van der Waals surface area contributed by atoms with Gasteiger partial charge in [0, 0.05) is 0 Å². The Morgan fingerprint density at radius 1 is 0.938 bits per heavy atom. The molecule has 0 saturated heterocycles. The van der Waals surface area contributed by atoms with E-state index in [0.717, 1.165) is 18.4 Å². The molecule has 0 aromatic heterocycles. The highest BCUT2D eigenvalue weighted by Gasteiger charge is 2.37. The van der Waals surface area contributed by atoms with E-state index in [1.807, 2.05) is 6.07 Å². The number of carbonyl (C=O) groups is 2. The van der Waals surface area contributed by atoms with Crippen LogP contribution in [0.2, 0.25) is 0 Å². The van der Waals surface area contributed by atoms with E-state index in [4.69, 9.17) is 15.2 Å². The summed E-state index contributed by atoms with van der Waals surface area (Å²) in [6.07, 6.45) is 3.77. The zero-order valence-corrected chi connectivity index (χ0v) is 19.4. The van der Waals surface area contributed by atoms with Crippen LogP contribution in [0.15, 0.2) is 55.1 Å². The molecule has 1 aliphatic carbocycles. The SMILES string of the molecule is C=CCOC(=O)c1ccc(C(=O)OCC(N)c2ccc3c(c2)C(C)(C)CCC3(C)C)cc1. The lowest BCUT2D eigenvalue weighted by Gasteiger charge is -2.42. The summed E-state index contributed by atoms with van der Waals surface area (Å²) in [5, 5.41) is 0. The molecule has 2 N–H and O–H groups in total. The Morgan fingerprint density at radius 2 is 1.47 bits per heavy atom. The van der Waals surface area contributed by atoms with Crippen LogP contribution in [0, 0.1) is 0 Å². The standard InChI is InChI=1S/C27H33NO4/c1-6-15-31-24(29)18-7-9-19(10-8-18)25(30)32-17-23(28)20-11-12-21-22(16-20)27(4,5)14-13-26(21,2)3/h6-12,16,23H,1,13-15,17,28H2,2-5H3. The first kappa shape index (κ1) is 23.7. The van der Waals surface area contributed by atoms with Crippen molar-refractivity contribution < 1.29 is 19.1 Å². The maximum Gasteiger partial charge on any atom is 0.338 e. The minimum Gasteiger partial charge on any atom is -0.460 e. The van der Waals surface area contributed by atoms with Gasteiger partial charge < -0.3 is 15.2 Å². The van der Waals surface area contributed by atoms with Gasteiger partial charge in [-0.05, 0) is 64.6 Å². The van der Waals surface area contributed by atoms with Crippen molar-refractivity contribution in [2.24, 2.45) is 5.73 Å². The van der Waals surface area contributed by atoms with E-state index in [1.54, 1.807) is 12.1 Å². The van der Waals surface area contributed by atoms with Gasteiger partial charge in [0.15, 0.2) is 0 Å². The summed E-state index contributed by atoms with van der Waals surface area (Å²) >= 11 is 0. The first-order valence-corrected chi connectivity index (χ1v) is 11.0. The molecule has 0 bridgehead atoms. The number of ether oxygens (including phenoxy) is 2. The highest BCUT2D eigenvalue weighted by Crippen LogP contribution is 2.46. The molecule has 1 aliphatic rings. The zero-order valence-electron chi connectivity index (χ0n) is 19.4. The van der Waals surface area contributed by atoms with Gasteiger partial charge in [-0.1, -0.05) is 58.5 Å². The Bertz CT molecular complexity index is 1000. The van der Waals surface area contributed by atoms with Gasteiger partial charge in [-0.3, -0.25) is 0 Å². The number of esters is 2. The van der Waals surface area contributed by atoms with Gasteiger partial charge in [-0.15, -0.1) is 0 Å². The molecule has 0 heterocycles. The van der Waals surface area contributed by atoms with Crippen molar-refractivity contribution in [1.82, 2.24) is 0 Å². The average molecular weight is 436 g/mol. The average Bonchev–Trinajstić information content (AvgIpc) is 2.78. The van der Waals surface area contributed by atoms with Gasteiger partial charge in [0.25, 0.3) is 0 Å². The summed E-state index contributed by atoms with van der Waals surface area (Å²) in [6, 6.07) is 12.1. The molecule has 0 aliphatic heterocycles. The molecular formula is C27H33NO4. The topological polar surface area (TPSA) is 78.6 Å². The maximum absolute atomic E-state index is 12.4. The molecule has 3 rings (SSSR count). The molecule has 5 nitrogen and oxygen atoms in total. The number of fused-ring (bicyclic) bond motifs is 1. The van der Waals surface area contributed by atoms with Crippen LogP contribution in [-0.4, -0.2) is 25.2 Å². The van der Waals surface area contributed by atoms with Crippen molar-refractivity contribution in [2.75, 3.05) is 13.2 Å².